The highest BCUT2D eigenvalue weighted by atomic mass is 16.5. The lowest BCUT2D eigenvalue weighted by Crippen LogP contribution is -2.45. The van der Waals surface area contributed by atoms with E-state index in [1.165, 1.54) is 6.42 Å². The molecule has 6 heteroatoms. The monoisotopic (exact) mass is 399 g/mol. The number of nitriles is 1. The maximum Gasteiger partial charge on any atom is 0.349 e. The molecule has 1 amide bonds. The van der Waals surface area contributed by atoms with Crippen molar-refractivity contribution in [3.63, 3.8) is 0 Å². The van der Waals surface area contributed by atoms with Gasteiger partial charge in [-0.25, -0.2) is 4.79 Å². The zero-order chi connectivity index (χ0) is 21.6. The Balaban J connectivity index is 1.98. The first-order valence-electron chi connectivity index (χ1n) is 10.5. The molecule has 0 saturated heterocycles. The minimum atomic E-state index is -0.770. The Hall–Kier alpha value is -2.55. The molecule has 1 aliphatic carbocycles. The van der Waals surface area contributed by atoms with Crippen LogP contribution in [0.4, 0.5) is 0 Å². The summed E-state index contributed by atoms with van der Waals surface area (Å²) in [7, 11) is 0. The van der Waals surface area contributed by atoms with E-state index < -0.39 is 5.97 Å². The van der Waals surface area contributed by atoms with Crippen LogP contribution in [0.15, 0.2) is 11.6 Å². The Morgan fingerprint density at radius 1 is 1.34 bits per heavy atom. The normalized spacial score (nSPS) is 22.1. The number of nitrogens with zero attached hydrogens (tertiary/aromatic N) is 2. The van der Waals surface area contributed by atoms with Gasteiger partial charge in [0.2, 0.25) is 0 Å². The minimum absolute atomic E-state index is 0.103. The number of carbonyl (C=O) groups is 2. The molecule has 0 radical (unpaired) electrons. The van der Waals surface area contributed by atoms with Crippen LogP contribution in [0.1, 0.15) is 63.4 Å². The number of hydrogen-bond acceptors (Lipinski definition) is 4. The van der Waals surface area contributed by atoms with Crippen LogP contribution in [0.5, 0.6) is 0 Å². The largest absolute Gasteiger partial charge is 0.451 e. The molecule has 3 atom stereocenters. The molecule has 0 bridgehead atoms. The van der Waals surface area contributed by atoms with Gasteiger partial charge >= 0.3 is 5.97 Å². The predicted octanol–water partition coefficient (Wildman–Crippen LogP) is 3.91. The number of rotatable bonds is 7. The number of aromatic nitrogens is 1. The SMILES string of the molecule is CCCn1c(C)cc(/C=C(\C#N)C(=O)OCC(=O)N[C@@H]2CCC[C@@H](C)[C@@H]2C)c1C. The fourth-order valence-electron chi connectivity index (χ4n) is 4.08. The number of amides is 1. The van der Waals surface area contributed by atoms with Crippen molar-refractivity contribution >= 4 is 18.0 Å². The molecule has 2 rings (SSSR count). The molecule has 1 heterocycles. The first-order chi connectivity index (χ1) is 13.8. The number of ether oxygens (including phenoxy) is 1. The Labute approximate surface area is 173 Å². The third-order valence-electron chi connectivity index (χ3n) is 6.09. The number of carbonyl (C=O) groups excluding carboxylic acids is 2. The van der Waals surface area contributed by atoms with Crippen molar-refractivity contribution in [3.8, 4) is 6.07 Å². The molecule has 0 aromatic carbocycles. The van der Waals surface area contributed by atoms with Crippen molar-refractivity contribution in [1.82, 2.24) is 9.88 Å². The second-order valence-electron chi connectivity index (χ2n) is 8.17. The summed E-state index contributed by atoms with van der Waals surface area (Å²) in [5.74, 6) is -0.122. The van der Waals surface area contributed by atoms with Gasteiger partial charge in [0.25, 0.3) is 5.91 Å². The summed E-state index contributed by atoms with van der Waals surface area (Å²) in [4.78, 5) is 24.5. The van der Waals surface area contributed by atoms with Gasteiger partial charge in [-0.3, -0.25) is 4.79 Å². The van der Waals surface area contributed by atoms with Gasteiger partial charge in [-0.1, -0.05) is 33.6 Å². The first kappa shape index (κ1) is 22.7. The highest BCUT2D eigenvalue weighted by molar-refractivity contribution is 5.99. The standard InChI is InChI=1S/C23H33N3O3/c1-6-10-26-16(3)11-19(18(26)5)12-20(13-24)23(28)29-14-22(27)25-21-9-7-8-15(2)17(21)4/h11-12,15,17,21H,6-10,14H2,1-5H3,(H,25,27)/b20-12+/t15-,17+,21-/m1/s1. The molecule has 1 N–H and O–H groups in total. The van der Waals surface area contributed by atoms with Crippen LogP contribution in [0.25, 0.3) is 6.08 Å². The van der Waals surface area contributed by atoms with Crippen molar-refractivity contribution in [2.24, 2.45) is 11.8 Å². The van der Waals surface area contributed by atoms with E-state index in [9.17, 15) is 14.9 Å². The number of esters is 1. The van der Waals surface area contributed by atoms with Gasteiger partial charge in [0.05, 0.1) is 0 Å². The zero-order valence-corrected chi connectivity index (χ0v) is 18.2. The zero-order valence-electron chi connectivity index (χ0n) is 18.2. The summed E-state index contributed by atoms with van der Waals surface area (Å²) < 4.78 is 7.27. The summed E-state index contributed by atoms with van der Waals surface area (Å²) in [6.07, 6.45) is 5.76. The summed E-state index contributed by atoms with van der Waals surface area (Å²) in [6, 6.07) is 3.97. The van der Waals surface area contributed by atoms with Gasteiger partial charge in [-0.2, -0.15) is 5.26 Å². The van der Waals surface area contributed by atoms with Crippen LogP contribution in [0, 0.1) is 37.0 Å². The second kappa shape index (κ2) is 10.3. The molecule has 1 aromatic rings. The van der Waals surface area contributed by atoms with Crippen molar-refractivity contribution in [2.45, 2.75) is 72.9 Å². The van der Waals surface area contributed by atoms with E-state index in [2.05, 4.69) is 30.7 Å². The predicted molar refractivity (Wildman–Crippen MR) is 113 cm³/mol. The van der Waals surface area contributed by atoms with Gasteiger partial charge in [-0.05, 0) is 56.2 Å². The number of aryl methyl sites for hydroxylation is 1. The van der Waals surface area contributed by atoms with Crippen LogP contribution in [0.2, 0.25) is 0 Å². The average Bonchev–Trinajstić information content (AvgIpc) is 2.95. The lowest BCUT2D eigenvalue weighted by molar-refractivity contribution is -0.144. The third-order valence-corrected chi connectivity index (χ3v) is 6.09. The van der Waals surface area contributed by atoms with Gasteiger partial charge in [0, 0.05) is 24.0 Å². The highest BCUT2D eigenvalue weighted by Gasteiger charge is 2.28. The molecule has 6 nitrogen and oxygen atoms in total. The lowest BCUT2D eigenvalue weighted by atomic mass is 9.78. The molecule has 0 spiro atoms. The molecule has 1 aromatic heterocycles. The minimum Gasteiger partial charge on any atom is -0.451 e. The fourth-order valence-corrected chi connectivity index (χ4v) is 4.08. The highest BCUT2D eigenvalue weighted by Crippen LogP contribution is 2.29. The molecule has 1 fully saturated rings. The van der Waals surface area contributed by atoms with Crippen LogP contribution in [-0.2, 0) is 20.9 Å². The quantitative estimate of drug-likeness (QED) is 0.428. The Kier molecular flexibility index (Phi) is 8.07. The Bertz CT molecular complexity index is 816. The molecule has 29 heavy (non-hydrogen) atoms. The topological polar surface area (TPSA) is 84.1 Å². The number of hydrogen-bond donors (Lipinski definition) is 1. The molecule has 158 valence electrons. The van der Waals surface area contributed by atoms with E-state index in [0.29, 0.717) is 11.8 Å². The van der Waals surface area contributed by atoms with E-state index in [1.807, 2.05) is 26.0 Å². The molecular formula is C23H33N3O3. The third kappa shape index (κ3) is 5.72. The maximum absolute atomic E-state index is 12.3. The number of nitrogens with one attached hydrogen (secondary N) is 1. The van der Waals surface area contributed by atoms with Crippen molar-refractivity contribution < 1.29 is 14.3 Å². The summed E-state index contributed by atoms with van der Waals surface area (Å²) in [6.45, 7) is 10.9. The lowest BCUT2D eigenvalue weighted by Gasteiger charge is -2.34. The van der Waals surface area contributed by atoms with Gasteiger partial charge in [0.1, 0.15) is 11.6 Å². The average molecular weight is 400 g/mol. The second-order valence-corrected chi connectivity index (χ2v) is 8.17. The van der Waals surface area contributed by atoms with Crippen LogP contribution < -0.4 is 5.32 Å². The van der Waals surface area contributed by atoms with E-state index in [4.69, 9.17) is 4.74 Å². The van der Waals surface area contributed by atoms with Crippen molar-refractivity contribution in [3.05, 3.63) is 28.6 Å². The molecule has 0 unspecified atom stereocenters. The van der Waals surface area contributed by atoms with Gasteiger partial charge in [0.15, 0.2) is 6.61 Å². The molecule has 1 saturated carbocycles. The van der Waals surface area contributed by atoms with E-state index >= 15 is 0 Å². The van der Waals surface area contributed by atoms with E-state index in [-0.39, 0.29) is 24.1 Å². The summed E-state index contributed by atoms with van der Waals surface area (Å²) in [5, 5.41) is 12.4. The summed E-state index contributed by atoms with van der Waals surface area (Å²) in [5.41, 5.74) is 2.80. The van der Waals surface area contributed by atoms with E-state index in [1.54, 1.807) is 6.08 Å². The maximum atomic E-state index is 12.3. The molecule has 0 aliphatic heterocycles. The summed E-state index contributed by atoms with van der Waals surface area (Å²) >= 11 is 0. The fraction of sp³-hybridized carbons (Fsp3) is 0.609. The van der Waals surface area contributed by atoms with Crippen molar-refractivity contribution in [1.29, 1.82) is 5.26 Å². The van der Waals surface area contributed by atoms with Crippen molar-refractivity contribution in [2.75, 3.05) is 6.61 Å². The van der Waals surface area contributed by atoms with E-state index in [0.717, 1.165) is 42.8 Å². The van der Waals surface area contributed by atoms with Crippen LogP contribution in [-0.4, -0.2) is 29.1 Å². The smallest absolute Gasteiger partial charge is 0.349 e. The van der Waals surface area contributed by atoms with Gasteiger partial charge < -0.3 is 14.6 Å². The Morgan fingerprint density at radius 2 is 2.07 bits per heavy atom. The van der Waals surface area contributed by atoms with Gasteiger partial charge in [-0.15, -0.1) is 0 Å². The first-order valence-corrected chi connectivity index (χ1v) is 10.5. The molecule has 1 aliphatic rings. The molecular weight excluding hydrogens is 366 g/mol. The Morgan fingerprint density at radius 3 is 2.72 bits per heavy atom. The van der Waals surface area contributed by atoms with Crippen LogP contribution in [0.3, 0.4) is 0 Å². The van der Waals surface area contributed by atoms with Crippen LogP contribution >= 0.6 is 0 Å².